The number of hydrogen-bond donors (Lipinski definition) is 1. The number of ketones is 1. The lowest BCUT2D eigenvalue weighted by atomic mass is 9.80. The number of methoxy groups -OCH3 is 1. The molecule has 1 aliphatic carbocycles. The second-order valence-corrected chi connectivity index (χ2v) is 6.81. The van der Waals surface area contributed by atoms with E-state index in [0.717, 1.165) is 5.75 Å². The lowest BCUT2D eigenvalue weighted by Gasteiger charge is -2.29. The predicted octanol–water partition coefficient (Wildman–Crippen LogP) is 3.68. The average molecular weight is 392 g/mol. The molecule has 2 N–H and O–H groups in total. The lowest BCUT2D eigenvalue weighted by Crippen LogP contribution is -2.27. The molecule has 1 aliphatic heterocycles. The minimum Gasteiger partial charge on any atom is -0.497 e. The second-order valence-electron chi connectivity index (χ2n) is 6.81. The fourth-order valence-electron chi connectivity index (χ4n) is 3.59. The summed E-state index contributed by atoms with van der Waals surface area (Å²) in [5.41, 5.74) is 6.61. The van der Waals surface area contributed by atoms with Crippen LogP contribution in [0.25, 0.3) is 0 Å². The number of carbonyl (C=O) groups excluding carboxylic acids is 1. The number of rotatable bonds is 5. The Hall–Kier alpha value is -3.66. The Labute approximate surface area is 168 Å². The van der Waals surface area contributed by atoms with E-state index in [9.17, 15) is 10.1 Å². The molecule has 2 heterocycles. The number of ether oxygens (including phenoxy) is 3. The van der Waals surface area contributed by atoms with E-state index in [2.05, 4.69) is 6.07 Å². The van der Waals surface area contributed by atoms with E-state index < -0.39 is 5.92 Å². The highest BCUT2D eigenvalue weighted by Gasteiger charge is 2.39. The van der Waals surface area contributed by atoms with Crippen molar-refractivity contribution in [3.63, 3.8) is 0 Å². The van der Waals surface area contributed by atoms with Crippen molar-refractivity contribution in [2.75, 3.05) is 7.11 Å². The van der Waals surface area contributed by atoms with E-state index in [-0.39, 0.29) is 23.8 Å². The first-order valence-electron chi connectivity index (χ1n) is 9.30. The van der Waals surface area contributed by atoms with Gasteiger partial charge in [0.2, 0.25) is 5.88 Å². The molecule has 0 amide bonds. The van der Waals surface area contributed by atoms with Crippen LogP contribution in [0.4, 0.5) is 0 Å². The summed E-state index contributed by atoms with van der Waals surface area (Å²) in [7, 11) is 1.60. The molecule has 29 heavy (non-hydrogen) atoms. The number of hydrogen-bond acceptors (Lipinski definition) is 7. The first kappa shape index (κ1) is 18.7. The van der Waals surface area contributed by atoms with Gasteiger partial charge in [0.05, 0.1) is 13.0 Å². The quantitative estimate of drug-likeness (QED) is 0.827. The van der Waals surface area contributed by atoms with Crippen molar-refractivity contribution in [3.8, 4) is 17.6 Å². The van der Waals surface area contributed by atoms with Crippen molar-refractivity contribution in [2.45, 2.75) is 31.8 Å². The molecule has 0 saturated carbocycles. The maximum absolute atomic E-state index is 12.6. The van der Waals surface area contributed by atoms with Crippen molar-refractivity contribution in [2.24, 2.45) is 5.73 Å². The summed E-state index contributed by atoms with van der Waals surface area (Å²) in [6, 6.07) is 12.8. The maximum atomic E-state index is 12.6. The van der Waals surface area contributed by atoms with Gasteiger partial charge < -0.3 is 24.4 Å². The summed E-state index contributed by atoms with van der Waals surface area (Å²) < 4.78 is 22.4. The zero-order valence-electron chi connectivity index (χ0n) is 15.9. The normalized spacial score (nSPS) is 18.8. The van der Waals surface area contributed by atoms with Crippen molar-refractivity contribution in [1.29, 1.82) is 5.26 Å². The monoisotopic (exact) mass is 392 g/mol. The molecule has 0 radical (unpaired) electrons. The number of nitrogens with two attached hydrogens (primary N) is 1. The van der Waals surface area contributed by atoms with Gasteiger partial charge in [0, 0.05) is 18.4 Å². The molecular weight excluding hydrogens is 372 g/mol. The van der Waals surface area contributed by atoms with E-state index >= 15 is 0 Å². The molecule has 4 rings (SSSR count). The van der Waals surface area contributed by atoms with E-state index in [0.29, 0.717) is 47.9 Å². The molecule has 7 heteroatoms. The van der Waals surface area contributed by atoms with Crippen LogP contribution in [-0.2, 0) is 16.1 Å². The van der Waals surface area contributed by atoms with Gasteiger partial charge >= 0.3 is 0 Å². The summed E-state index contributed by atoms with van der Waals surface area (Å²) >= 11 is 0. The number of benzene rings is 1. The zero-order chi connectivity index (χ0) is 20.4. The van der Waals surface area contributed by atoms with Crippen LogP contribution in [-0.4, -0.2) is 12.9 Å². The molecule has 1 aromatic carbocycles. The lowest BCUT2D eigenvalue weighted by molar-refractivity contribution is -0.116. The Morgan fingerprint density at radius 2 is 1.93 bits per heavy atom. The number of allylic oxidation sites excluding steroid dienone is 3. The van der Waals surface area contributed by atoms with Gasteiger partial charge in [0.15, 0.2) is 5.78 Å². The predicted molar refractivity (Wildman–Crippen MR) is 103 cm³/mol. The van der Waals surface area contributed by atoms with Crippen molar-refractivity contribution in [3.05, 3.63) is 70.7 Å². The van der Waals surface area contributed by atoms with E-state index in [1.165, 1.54) is 0 Å². The van der Waals surface area contributed by atoms with Crippen molar-refractivity contribution < 1.29 is 23.4 Å². The maximum Gasteiger partial charge on any atom is 0.205 e. The van der Waals surface area contributed by atoms with Crippen LogP contribution in [0.1, 0.15) is 36.7 Å². The molecule has 0 unspecified atom stereocenters. The highest BCUT2D eigenvalue weighted by molar-refractivity contribution is 5.99. The Morgan fingerprint density at radius 3 is 2.66 bits per heavy atom. The number of furan rings is 1. The van der Waals surface area contributed by atoms with Crippen LogP contribution < -0.4 is 15.2 Å². The summed E-state index contributed by atoms with van der Waals surface area (Å²) in [5.74, 6) is 2.34. The van der Waals surface area contributed by atoms with Gasteiger partial charge in [-0.05, 0) is 42.8 Å². The number of nitriles is 1. The van der Waals surface area contributed by atoms with Crippen LogP contribution >= 0.6 is 0 Å². The SMILES string of the molecule is COc1ccc(OCc2ccc([C@@H]3C(C#N)=C(N)OC4=C3C(=O)CCC4)o2)cc1. The Bertz CT molecular complexity index is 1040. The molecule has 2 aliphatic rings. The van der Waals surface area contributed by atoms with Gasteiger partial charge in [-0.1, -0.05) is 0 Å². The molecule has 2 aromatic rings. The largest absolute Gasteiger partial charge is 0.497 e. The zero-order valence-corrected chi connectivity index (χ0v) is 15.9. The summed E-state index contributed by atoms with van der Waals surface area (Å²) in [6.45, 7) is 0.205. The number of nitrogens with zero attached hydrogens (tertiary/aromatic N) is 1. The fourth-order valence-corrected chi connectivity index (χ4v) is 3.59. The number of carbonyl (C=O) groups is 1. The molecule has 0 spiro atoms. The first-order valence-corrected chi connectivity index (χ1v) is 9.30. The molecule has 0 fully saturated rings. The molecule has 7 nitrogen and oxygen atoms in total. The molecule has 0 saturated heterocycles. The van der Waals surface area contributed by atoms with Gasteiger partial charge in [0.25, 0.3) is 0 Å². The van der Waals surface area contributed by atoms with Gasteiger partial charge in [-0.15, -0.1) is 0 Å². The molecule has 1 atom stereocenters. The van der Waals surface area contributed by atoms with E-state index in [1.807, 2.05) is 0 Å². The smallest absolute Gasteiger partial charge is 0.205 e. The third kappa shape index (κ3) is 3.57. The topological polar surface area (TPSA) is 108 Å². The van der Waals surface area contributed by atoms with E-state index in [1.54, 1.807) is 43.5 Å². The Morgan fingerprint density at radius 1 is 1.17 bits per heavy atom. The van der Waals surface area contributed by atoms with Crippen LogP contribution in [0.2, 0.25) is 0 Å². The van der Waals surface area contributed by atoms with Gasteiger partial charge in [-0.2, -0.15) is 5.26 Å². The summed E-state index contributed by atoms with van der Waals surface area (Å²) in [6.07, 6.45) is 1.75. The highest BCUT2D eigenvalue weighted by Crippen LogP contribution is 2.43. The van der Waals surface area contributed by atoms with Crippen LogP contribution in [0.3, 0.4) is 0 Å². The fraction of sp³-hybridized carbons (Fsp3) is 0.273. The summed E-state index contributed by atoms with van der Waals surface area (Å²) in [5, 5.41) is 9.59. The highest BCUT2D eigenvalue weighted by atomic mass is 16.5. The second kappa shape index (κ2) is 7.76. The third-order valence-corrected chi connectivity index (χ3v) is 5.01. The Kier molecular flexibility index (Phi) is 5.00. The molecule has 0 bridgehead atoms. The molecular formula is C22H20N2O5. The summed E-state index contributed by atoms with van der Waals surface area (Å²) in [4.78, 5) is 12.6. The minimum atomic E-state index is -0.647. The van der Waals surface area contributed by atoms with Crippen molar-refractivity contribution in [1.82, 2.24) is 0 Å². The van der Waals surface area contributed by atoms with Crippen molar-refractivity contribution >= 4 is 5.78 Å². The first-order chi connectivity index (χ1) is 14.1. The van der Waals surface area contributed by atoms with Gasteiger partial charge in [0.1, 0.15) is 47.0 Å². The van der Waals surface area contributed by atoms with Crippen LogP contribution in [0.15, 0.2) is 63.6 Å². The average Bonchev–Trinajstić information content (AvgIpc) is 3.20. The minimum absolute atomic E-state index is 0.0263. The standard InChI is InChI=1S/C22H20N2O5/c1-26-13-5-7-14(8-6-13)27-12-15-9-10-19(28-15)20-16(11-23)22(24)29-18-4-2-3-17(25)21(18)20/h5-10,20H,2-4,12,24H2,1H3/t20-/m0/s1. The third-order valence-electron chi connectivity index (χ3n) is 5.01. The van der Waals surface area contributed by atoms with Gasteiger partial charge in [-0.25, -0.2) is 0 Å². The molecule has 1 aromatic heterocycles. The van der Waals surface area contributed by atoms with Crippen LogP contribution in [0.5, 0.6) is 11.5 Å². The van der Waals surface area contributed by atoms with E-state index in [4.69, 9.17) is 24.4 Å². The van der Waals surface area contributed by atoms with Crippen LogP contribution in [0, 0.1) is 11.3 Å². The Balaban J connectivity index is 1.57. The molecule has 148 valence electrons. The van der Waals surface area contributed by atoms with Gasteiger partial charge in [-0.3, -0.25) is 4.79 Å². The number of Topliss-reactive ketones (excluding diaryl/α,β-unsaturated/α-hetero) is 1.